The van der Waals surface area contributed by atoms with Crippen molar-refractivity contribution >= 4 is 5.91 Å². The summed E-state index contributed by atoms with van der Waals surface area (Å²) in [6.45, 7) is 7.56. The van der Waals surface area contributed by atoms with E-state index in [1.165, 1.54) is 12.8 Å². The van der Waals surface area contributed by atoms with E-state index in [1.807, 2.05) is 4.90 Å². The van der Waals surface area contributed by atoms with Gasteiger partial charge in [-0.05, 0) is 24.2 Å². The summed E-state index contributed by atoms with van der Waals surface area (Å²) < 4.78 is 0. The maximum absolute atomic E-state index is 11.9. The molecule has 2 nitrogen and oxygen atoms in total. The molecule has 0 unspecified atom stereocenters. The third-order valence-corrected chi connectivity index (χ3v) is 2.49. The number of nitrogens with zero attached hydrogens (tertiary/aromatic N) is 1. The smallest absolute Gasteiger partial charge is 0.223 e. The predicted octanol–water partition coefficient (Wildman–Crippen LogP) is 2.29. The maximum atomic E-state index is 11.9. The van der Waals surface area contributed by atoms with Crippen molar-refractivity contribution in [1.29, 1.82) is 0 Å². The van der Waals surface area contributed by atoms with E-state index in [4.69, 9.17) is 6.42 Å². The van der Waals surface area contributed by atoms with Gasteiger partial charge in [0.2, 0.25) is 5.91 Å². The van der Waals surface area contributed by atoms with Gasteiger partial charge in [0.05, 0.1) is 6.54 Å². The van der Waals surface area contributed by atoms with Crippen molar-refractivity contribution in [3.63, 3.8) is 0 Å². The van der Waals surface area contributed by atoms with E-state index in [9.17, 15) is 4.79 Å². The van der Waals surface area contributed by atoms with E-state index < -0.39 is 0 Å². The van der Waals surface area contributed by atoms with Crippen LogP contribution in [0.4, 0.5) is 0 Å². The number of rotatable bonds is 4. The van der Waals surface area contributed by atoms with Crippen LogP contribution in [-0.2, 0) is 4.79 Å². The molecule has 0 aromatic rings. The molecule has 0 spiro atoms. The average Bonchev–Trinajstić information content (AvgIpc) is 2.84. The lowest BCUT2D eigenvalue weighted by atomic mass is 9.91. The molecule has 0 N–H and O–H groups in total. The Bertz CT molecular complexity index is 265. The minimum Gasteiger partial charge on any atom is -0.331 e. The van der Waals surface area contributed by atoms with Gasteiger partial charge in [-0.3, -0.25) is 4.79 Å². The van der Waals surface area contributed by atoms with Crippen molar-refractivity contribution in [2.75, 3.05) is 13.1 Å². The Morgan fingerprint density at radius 3 is 2.47 bits per heavy atom. The second kappa shape index (κ2) is 4.70. The highest BCUT2D eigenvalue weighted by Crippen LogP contribution is 2.30. The molecule has 1 amide bonds. The largest absolute Gasteiger partial charge is 0.331 e. The lowest BCUT2D eigenvalue weighted by Gasteiger charge is -2.25. The summed E-state index contributed by atoms with van der Waals surface area (Å²) in [5.74, 6) is 3.48. The van der Waals surface area contributed by atoms with Gasteiger partial charge in [0.15, 0.2) is 0 Å². The van der Waals surface area contributed by atoms with Crippen molar-refractivity contribution in [2.45, 2.75) is 40.0 Å². The molecule has 84 valence electrons. The highest BCUT2D eigenvalue weighted by molar-refractivity contribution is 5.77. The van der Waals surface area contributed by atoms with Crippen LogP contribution < -0.4 is 0 Å². The van der Waals surface area contributed by atoms with Crippen LogP contribution in [0.2, 0.25) is 0 Å². The van der Waals surface area contributed by atoms with E-state index in [1.54, 1.807) is 0 Å². The van der Waals surface area contributed by atoms with E-state index in [-0.39, 0.29) is 11.3 Å². The van der Waals surface area contributed by atoms with Crippen LogP contribution in [-0.4, -0.2) is 23.9 Å². The fourth-order valence-corrected chi connectivity index (χ4v) is 1.54. The van der Waals surface area contributed by atoms with Crippen molar-refractivity contribution in [1.82, 2.24) is 4.90 Å². The van der Waals surface area contributed by atoms with E-state index in [0.717, 1.165) is 6.54 Å². The van der Waals surface area contributed by atoms with Gasteiger partial charge in [-0.2, -0.15) is 0 Å². The molecule has 0 atom stereocenters. The normalized spacial score (nSPS) is 15.9. The highest BCUT2D eigenvalue weighted by atomic mass is 16.2. The fraction of sp³-hybridized carbons (Fsp3) is 0.769. The Morgan fingerprint density at radius 2 is 2.07 bits per heavy atom. The number of carbonyl (C=O) groups is 1. The maximum Gasteiger partial charge on any atom is 0.223 e. The predicted molar refractivity (Wildman–Crippen MR) is 62.2 cm³/mol. The second-order valence-corrected chi connectivity index (χ2v) is 5.66. The van der Waals surface area contributed by atoms with Crippen LogP contribution in [0.15, 0.2) is 0 Å². The molecule has 1 fully saturated rings. The molecular formula is C13H21NO. The Hall–Kier alpha value is -0.970. The molecule has 2 heteroatoms. The summed E-state index contributed by atoms with van der Waals surface area (Å²) in [6, 6.07) is 0. The van der Waals surface area contributed by atoms with Gasteiger partial charge >= 0.3 is 0 Å². The first-order valence-corrected chi connectivity index (χ1v) is 5.63. The number of hydrogen-bond acceptors (Lipinski definition) is 1. The minimum absolute atomic E-state index is 0.0491. The molecule has 0 heterocycles. The van der Waals surface area contributed by atoms with Gasteiger partial charge in [0.25, 0.3) is 0 Å². The number of terminal acetylenes is 1. The van der Waals surface area contributed by atoms with E-state index in [0.29, 0.717) is 18.9 Å². The van der Waals surface area contributed by atoms with Gasteiger partial charge in [-0.1, -0.05) is 26.7 Å². The van der Waals surface area contributed by atoms with Crippen molar-refractivity contribution < 1.29 is 4.79 Å². The van der Waals surface area contributed by atoms with Crippen LogP contribution >= 0.6 is 0 Å². The van der Waals surface area contributed by atoms with Crippen LogP contribution in [0.25, 0.3) is 0 Å². The Balaban J connectivity index is 2.46. The average molecular weight is 207 g/mol. The van der Waals surface area contributed by atoms with Crippen molar-refractivity contribution in [2.24, 2.45) is 11.3 Å². The van der Waals surface area contributed by atoms with Gasteiger partial charge in [0, 0.05) is 13.0 Å². The van der Waals surface area contributed by atoms with Crippen molar-refractivity contribution in [3.8, 4) is 12.3 Å². The lowest BCUT2D eigenvalue weighted by Crippen LogP contribution is -2.35. The molecule has 0 saturated heterocycles. The fourth-order valence-electron chi connectivity index (χ4n) is 1.54. The highest BCUT2D eigenvalue weighted by Gasteiger charge is 2.27. The van der Waals surface area contributed by atoms with Gasteiger partial charge in [-0.25, -0.2) is 0 Å². The van der Waals surface area contributed by atoms with Crippen LogP contribution in [0.1, 0.15) is 40.0 Å². The number of amides is 1. The van der Waals surface area contributed by atoms with Crippen LogP contribution in [0.3, 0.4) is 0 Å². The molecule has 1 saturated carbocycles. The van der Waals surface area contributed by atoms with Crippen LogP contribution in [0.5, 0.6) is 0 Å². The Morgan fingerprint density at radius 1 is 1.47 bits per heavy atom. The Labute approximate surface area is 93.0 Å². The summed E-state index contributed by atoms with van der Waals surface area (Å²) in [7, 11) is 0. The summed E-state index contributed by atoms with van der Waals surface area (Å²) in [5.41, 5.74) is 0.0491. The van der Waals surface area contributed by atoms with E-state index >= 15 is 0 Å². The number of carbonyl (C=O) groups excluding carboxylic acids is 1. The molecule has 0 radical (unpaired) electrons. The van der Waals surface area contributed by atoms with E-state index in [2.05, 4.69) is 26.7 Å². The quantitative estimate of drug-likeness (QED) is 0.648. The summed E-state index contributed by atoms with van der Waals surface area (Å²) in [5, 5.41) is 0. The summed E-state index contributed by atoms with van der Waals surface area (Å²) in [4.78, 5) is 13.8. The monoisotopic (exact) mass is 207 g/mol. The zero-order valence-corrected chi connectivity index (χ0v) is 10.0. The molecule has 1 aliphatic rings. The topological polar surface area (TPSA) is 20.3 Å². The third kappa shape index (κ3) is 4.88. The molecule has 0 aromatic heterocycles. The number of hydrogen-bond donors (Lipinski definition) is 0. The first kappa shape index (κ1) is 12.1. The first-order chi connectivity index (χ1) is 6.92. The summed E-state index contributed by atoms with van der Waals surface area (Å²) >= 11 is 0. The van der Waals surface area contributed by atoms with Crippen LogP contribution in [0, 0.1) is 23.7 Å². The standard InChI is InChI=1S/C13H21NO/c1-5-8-14(10-11-6-7-11)12(15)9-13(2,3)4/h1,11H,6-10H2,2-4H3. The van der Waals surface area contributed by atoms with Gasteiger partial charge < -0.3 is 4.90 Å². The first-order valence-electron chi connectivity index (χ1n) is 5.63. The minimum atomic E-state index is 0.0491. The molecule has 0 aliphatic heterocycles. The van der Waals surface area contributed by atoms with Gasteiger partial charge in [0.1, 0.15) is 0 Å². The molecule has 1 aliphatic carbocycles. The SMILES string of the molecule is C#CCN(CC1CC1)C(=O)CC(C)(C)C. The second-order valence-electron chi connectivity index (χ2n) is 5.66. The Kier molecular flexibility index (Phi) is 3.79. The van der Waals surface area contributed by atoms with Gasteiger partial charge in [-0.15, -0.1) is 6.42 Å². The third-order valence-electron chi connectivity index (χ3n) is 2.49. The molecule has 0 bridgehead atoms. The summed E-state index contributed by atoms with van der Waals surface area (Å²) in [6.07, 6.45) is 8.38. The zero-order chi connectivity index (χ0) is 11.5. The molecular weight excluding hydrogens is 186 g/mol. The van der Waals surface area contributed by atoms with Crippen molar-refractivity contribution in [3.05, 3.63) is 0 Å². The molecule has 1 rings (SSSR count). The lowest BCUT2D eigenvalue weighted by molar-refractivity contribution is -0.132. The zero-order valence-electron chi connectivity index (χ0n) is 10.0. The molecule has 15 heavy (non-hydrogen) atoms. The molecule has 0 aromatic carbocycles.